The molecule has 0 heterocycles. The molecule has 0 radical (unpaired) electrons. The molecule has 4 nitrogen and oxygen atoms in total. The molecule has 0 aromatic heterocycles. The third kappa shape index (κ3) is 5.38. The average Bonchev–Trinajstić information content (AvgIpc) is 2.33. The Hall–Kier alpha value is -0.730. The molecule has 2 aliphatic rings. The van der Waals surface area contributed by atoms with Crippen LogP contribution in [0.1, 0.15) is 64.2 Å². The minimum Gasteiger partial charge on any atom is -0.311 e. The highest BCUT2D eigenvalue weighted by Crippen LogP contribution is 2.22. The molecule has 16 heavy (non-hydrogen) atoms. The third-order valence-electron chi connectivity index (χ3n) is 3.68. The van der Waals surface area contributed by atoms with Crippen LogP contribution < -0.4 is 5.32 Å². The fourth-order valence-corrected chi connectivity index (χ4v) is 2.87. The van der Waals surface area contributed by atoms with Crippen molar-refractivity contribution >= 4 is 0 Å². The van der Waals surface area contributed by atoms with Crippen LogP contribution in [0.25, 0.3) is 10.4 Å². The maximum atomic E-state index is 6.86. The summed E-state index contributed by atoms with van der Waals surface area (Å²) < 4.78 is 0. The van der Waals surface area contributed by atoms with Crippen LogP contribution in [0.3, 0.4) is 0 Å². The van der Waals surface area contributed by atoms with E-state index >= 15 is 0 Å². The summed E-state index contributed by atoms with van der Waals surface area (Å²) in [6, 6.07) is 1.74. The van der Waals surface area contributed by atoms with Gasteiger partial charge in [0.25, 0.3) is 0 Å². The van der Waals surface area contributed by atoms with Gasteiger partial charge in [-0.25, -0.2) is 0 Å². The minimum absolute atomic E-state index is 0.872. The molecule has 0 spiro atoms. The first-order valence-electron chi connectivity index (χ1n) is 6.63. The van der Waals surface area contributed by atoms with Gasteiger partial charge in [-0.05, 0) is 36.1 Å². The van der Waals surface area contributed by atoms with Crippen LogP contribution in [-0.2, 0) is 0 Å². The molecule has 2 fully saturated rings. The van der Waals surface area contributed by atoms with E-state index in [0.29, 0.717) is 0 Å². The van der Waals surface area contributed by atoms with Crippen molar-refractivity contribution in [1.82, 2.24) is 5.32 Å². The van der Waals surface area contributed by atoms with Crippen LogP contribution in [0.15, 0.2) is 0 Å². The zero-order chi connectivity index (χ0) is 11.6. The van der Waals surface area contributed by atoms with Gasteiger partial charge in [0.15, 0.2) is 0 Å². The fraction of sp³-hybridized carbons (Fsp3) is 1.00. The molecule has 0 unspecified atom stereocenters. The second-order valence-corrected chi connectivity index (χ2v) is 4.94. The van der Waals surface area contributed by atoms with E-state index in [1.165, 1.54) is 64.2 Å². The van der Waals surface area contributed by atoms with Crippen molar-refractivity contribution in [2.24, 2.45) is 0 Å². The predicted molar refractivity (Wildman–Crippen MR) is 66.3 cm³/mol. The van der Waals surface area contributed by atoms with E-state index < -0.39 is 0 Å². The van der Waals surface area contributed by atoms with E-state index in [-0.39, 0.29) is 0 Å². The van der Waals surface area contributed by atoms with E-state index in [1.54, 1.807) is 4.91 Å². The lowest BCUT2D eigenvalue weighted by Gasteiger charge is -2.30. The predicted octanol–water partition coefficient (Wildman–Crippen LogP) is 4.12. The quantitative estimate of drug-likeness (QED) is 0.413. The van der Waals surface area contributed by atoms with Crippen LogP contribution in [0.5, 0.6) is 0 Å². The van der Waals surface area contributed by atoms with Crippen molar-refractivity contribution in [2.75, 3.05) is 0 Å². The minimum atomic E-state index is 0.872. The Morgan fingerprint density at radius 1 is 0.812 bits per heavy atom. The highest BCUT2D eigenvalue weighted by Gasteiger charge is 2.19. The number of rotatable bonds is 2. The van der Waals surface area contributed by atoms with Crippen LogP contribution in [0.4, 0.5) is 0 Å². The monoisotopic (exact) mass is 224 g/mol. The van der Waals surface area contributed by atoms with Crippen molar-refractivity contribution in [3.8, 4) is 0 Å². The summed E-state index contributed by atoms with van der Waals surface area (Å²) in [4.78, 5) is 1.75. The molecule has 92 valence electrons. The molecule has 2 aliphatic carbocycles. The molecule has 0 atom stereocenters. The molecule has 4 heteroatoms. The van der Waals surface area contributed by atoms with E-state index in [4.69, 9.17) is 11.1 Å². The highest BCUT2D eigenvalue weighted by molar-refractivity contribution is 4.79. The van der Waals surface area contributed by atoms with Crippen LogP contribution in [-0.4, -0.2) is 12.1 Å². The maximum Gasteiger partial charge on any atom is 0.00696 e. The average molecular weight is 224 g/mol. The molecule has 0 bridgehead atoms. The molecule has 0 amide bonds. The van der Waals surface area contributed by atoms with E-state index in [0.717, 1.165) is 12.1 Å². The van der Waals surface area contributed by atoms with E-state index in [1.807, 2.05) is 0 Å². The van der Waals surface area contributed by atoms with Crippen molar-refractivity contribution in [1.29, 1.82) is 5.53 Å². The summed E-state index contributed by atoms with van der Waals surface area (Å²) in [5.41, 5.74) is 12.2. The Morgan fingerprint density at radius 2 is 1.12 bits per heavy atom. The topological polar surface area (TPSA) is 72.3 Å². The van der Waals surface area contributed by atoms with E-state index in [9.17, 15) is 0 Å². The van der Waals surface area contributed by atoms with Gasteiger partial charge >= 0.3 is 0 Å². The first-order chi connectivity index (χ1) is 7.86. The van der Waals surface area contributed by atoms with Gasteiger partial charge in [0, 0.05) is 12.1 Å². The zero-order valence-corrected chi connectivity index (χ0v) is 10.1. The van der Waals surface area contributed by atoms with Gasteiger partial charge in [-0.1, -0.05) is 38.5 Å². The van der Waals surface area contributed by atoms with Crippen LogP contribution in [0.2, 0.25) is 0 Å². The second-order valence-electron chi connectivity index (χ2n) is 4.94. The fourth-order valence-electron chi connectivity index (χ4n) is 2.87. The van der Waals surface area contributed by atoms with Crippen LogP contribution in [0, 0.1) is 5.53 Å². The van der Waals surface area contributed by atoms with Gasteiger partial charge in [0.2, 0.25) is 0 Å². The number of nitrogens with zero attached hydrogens (tertiary/aromatic N) is 2. The van der Waals surface area contributed by atoms with Gasteiger partial charge in [0.05, 0.1) is 0 Å². The molecule has 0 aromatic rings. The second kappa shape index (κ2) is 8.43. The molecular weight excluding hydrogens is 200 g/mol. The van der Waals surface area contributed by atoms with Crippen molar-refractivity contribution in [2.45, 2.75) is 76.3 Å². The summed E-state index contributed by atoms with van der Waals surface area (Å²) in [6.07, 6.45) is 14.6. The Balaban J connectivity index is 0.000000386. The summed E-state index contributed by atoms with van der Waals surface area (Å²) >= 11 is 0. The standard InChI is InChI=1S/C12H23N.HN3/c1-3-7-11(8-4-1)13-12-9-5-2-6-10-12;1-3-2/h11-13H,1-10H2;1H. The first-order valence-corrected chi connectivity index (χ1v) is 6.63. The normalized spacial score (nSPS) is 23.0. The summed E-state index contributed by atoms with van der Waals surface area (Å²) in [7, 11) is 0. The third-order valence-corrected chi connectivity index (χ3v) is 3.68. The lowest BCUT2D eigenvalue weighted by atomic mass is 9.91. The Bertz CT molecular complexity index is 183. The number of nitrogens with one attached hydrogen (secondary N) is 2. The Morgan fingerprint density at radius 3 is 1.44 bits per heavy atom. The lowest BCUT2D eigenvalue weighted by molar-refractivity contribution is 0.291. The van der Waals surface area contributed by atoms with Crippen LogP contribution >= 0.6 is 0 Å². The molecule has 0 aromatic carbocycles. The summed E-state index contributed by atoms with van der Waals surface area (Å²) in [5, 5.41) is 3.86. The Labute approximate surface area is 98.2 Å². The van der Waals surface area contributed by atoms with Gasteiger partial charge < -0.3 is 5.32 Å². The SMILES string of the molecule is C1CCC(NC2CCCCC2)CC1.[N-]=[N+]=N. The maximum absolute atomic E-state index is 6.86. The molecule has 2 N–H and O–H groups in total. The van der Waals surface area contributed by atoms with Crippen molar-refractivity contribution in [3.63, 3.8) is 0 Å². The molecular formula is C12H24N4. The largest absolute Gasteiger partial charge is 0.311 e. The van der Waals surface area contributed by atoms with Crippen molar-refractivity contribution in [3.05, 3.63) is 10.4 Å². The summed E-state index contributed by atoms with van der Waals surface area (Å²) in [5.74, 6) is 0. The molecule has 2 saturated carbocycles. The zero-order valence-electron chi connectivity index (χ0n) is 10.1. The van der Waals surface area contributed by atoms with E-state index in [2.05, 4.69) is 5.32 Å². The number of hydrogen-bond acceptors (Lipinski definition) is 2. The number of hydrogen-bond donors (Lipinski definition) is 2. The molecule has 0 aliphatic heterocycles. The highest BCUT2D eigenvalue weighted by atomic mass is 15.0. The first kappa shape index (κ1) is 13.3. The van der Waals surface area contributed by atoms with Gasteiger partial charge in [-0.2, -0.15) is 0 Å². The van der Waals surface area contributed by atoms with Gasteiger partial charge in [0.1, 0.15) is 0 Å². The van der Waals surface area contributed by atoms with Gasteiger partial charge in [-0.15, -0.1) is 5.53 Å². The lowest BCUT2D eigenvalue weighted by Crippen LogP contribution is -2.40. The molecule has 2 rings (SSSR count). The summed E-state index contributed by atoms with van der Waals surface area (Å²) in [6.45, 7) is 0. The Kier molecular flexibility index (Phi) is 7.02. The van der Waals surface area contributed by atoms with Crippen molar-refractivity contribution < 1.29 is 0 Å². The smallest absolute Gasteiger partial charge is 0.00696 e. The molecule has 0 saturated heterocycles. The van der Waals surface area contributed by atoms with Gasteiger partial charge in [-0.3, -0.25) is 0 Å².